The molecule has 2 aliphatic rings. The van der Waals surface area contributed by atoms with E-state index in [1.54, 1.807) is 42.5 Å². The smallest absolute Gasteiger partial charge is 0.300 e. The Morgan fingerprint density at radius 2 is 1.28 bits per heavy atom. The van der Waals surface area contributed by atoms with Gasteiger partial charge in [0.15, 0.2) is 5.96 Å². The number of guanidine groups is 1. The fourth-order valence-corrected chi connectivity index (χ4v) is 9.93. The van der Waals surface area contributed by atoms with E-state index in [9.17, 15) is 57.8 Å². The third-order valence-electron chi connectivity index (χ3n) is 11.5. The molecule has 7 atom stereocenters. The second-order valence-corrected chi connectivity index (χ2v) is 20.5. The van der Waals surface area contributed by atoms with Crippen molar-refractivity contribution >= 4 is 98.5 Å². The Labute approximate surface area is 472 Å². The van der Waals surface area contributed by atoms with Crippen LogP contribution in [-0.4, -0.2) is 182 Å². The van der Waals surface area contributed by atoms with Crippen molar-refractivity contribution in [2.75, 3.05) is 31.1 Å². The van der Waals surface area contributed by atoms with Crippen molar-refractivity contribution in [3.05, 3.63) is 65.7 Å². The number of benzene rings is 2. The summed E-state index contributed by atoms with van der Waals surface area (Å²) in [5.41, 5.74) is 28.1. The van der Waals surface area contributed by atoms with Crippen molar-refractivity contribution in [1.29, 1.82) is 0 Å². The predicted molar refractivity (Wildman–Crippen MR) is 296 cm³/mol. The van der Waals surface area contributed by atoms with E-state index in [4.69, 9.17) is 38.6 Å². The second-order valence-electron chi connectivity index (χ2n) is 17.9. The largest absolute Gasteiger partial charge is 0.508 e. The lowest BCUT2D eigenvalue weighted by atomic mass is 10.0. The van der Waals surface area contributed by atoms with Crippen molar-refractivity contribution in [1.82, 2.24) is 42.1 Å². The zero-order valence-electron chi connectivity index (χ0n) is 44.2. The highest BCUT2D eigenvalue weighted by Crippen LogP contribution is 2.26. The van der Waals surface area contributed by atoms with Gasteiger partial charge in [0.2, 0.25) is 65.0 Å². The van der Waals surface area contributed by atoms with Gasteiger partial charge in [-0.25, -0.2) is 0 Å². The number of carbonyl (C=O) groups is 12. The zero-order valence-corrected chi connectivity index (χ0v) is 45.9. The maximum absolute atomic E-state index is 14.6. The maximum Gasteiger partial charge on any atom is 0.300 e. The summed E-state index contributed by atoms with van der Waals surface area (Å²) < 4.78 is 0. The number of hydrogen-bond donors (Lipinski definition) is 14. The minimum absolute atomic E-state index is 0. The van der Waals surface area contributed by atoms with Gasteiger partial charge in [-0.1, -0.05) is 64.1 Å². The summed E-state index contributed by atoms with van der Waals surface area (Å²) in [6.45, 7) is 0.682. The number of carbonyl (C=O) groups excluding carboxylic acids is 11. The topological polar surface area (TPSA) is 570 Å². The molecule has 0 radical (unpaired) electrons. The Hall–Kier alpha value is -8.27. The number of aliphatic carboxylic acids is 1. The number of likely N-dealkylation sites (tertiary alicyclic amines) is 1. The van der Waals surface area contributed by atoms with Gasteiger partial charge in [0.05, 0.1) is 13.0 Å². The number of phenolic OH excluding ortho intramolecular Hbond substituents is 1. The van der Waals surface area contributed by atoms with Crippen LogP contribution in [0.4, 0.5) is 0 Å². The summed E-state index contributed by atoms with van der Waals surface area (Å²) in [7, 11) is 2.19. The van der Waals surface area contributed by atoms with Crippen LogP contribution in [0, 0.1) is 0 Å². The lowest BCUT2D eigenvalue weighted by Gasteiger charge is -2.31. The molecule has 2 aromatic carbocycles. The molecule has 2 aliphatic heterocycles. The molecule has 25 N–H and O–H groups in total. The standard InChI is InChI=1S/C46H64N14O12S2.C2H4O2.3H2O/c47-35(62)15-14-29-40(67)58-32(22-36(48)63)43(70)59-33(45(72)60-18-5-9-34(60)44(71)56-28(8-4-17-52-46(50)51)39(66)53-23-37(49)64)24-74-73-19-16-38(65)54-30(21-26-10-12-27(61)13-11-26)41(68)57-31(42(69)55-29)20-25-6-2-1-3-7-25;1-2(3)4;;;/h1-3,6-7,10-13,28-34,61H,4-5,8-9,14-24H2,(H2,47,62)(H2,48,63)(H2,49,64)(H,53,66)(H,54,65)(H,55,69)(H,56,71)(H,57,68)(H,58,67)(H,59,70)(H4,50,51,52);1H3,(H,3,4);3*1H2. The first kappa shape index (κ1) is 72.7. The highest BCUT2D eigenvalue weighted by Gasteiger charge is 2.40. The zero-order chi connectivity index (χ0) is 57.9. The van der Waals surface area contributed by atoms with E-state index in [0.717, 1.165) is 28.5 Å². The molecule has 2 aromatic rings. The Morgan fingerprint density at radius 1 is 0.728 bits per heavy atom. The maximum atomic E-state index is 14.6. The van der Waals surface area contributed by atoms with E-state index in [1.807, 2.05) is 0 Å². The highest BCUT2D eigenvalue weighted by atomic mass is 33.1. The van der Waals surface area contributed by atoms with Crippen molar-refractivity contribution in [2.45, 2.75) is 113 Å². The molecule has 11 amide bonds. The van der Waals surface area contributed by atoms with E-state index in [1.165, 1.54) is 17.0 Å². The molecule has 0 saturated carbocycles. The SMILES string of the molecule is CC(=O)O.NC(=O)CCC1NC(=O)C(Cc2ccccc2)NC(=O)C(Cc2ccc(O)cc2)NC(=O)CCSSCC(C(=O)N2CCCC2C(=O)NC(CCCN=C(N)N)C(=O)NCC(N)=O)NC(=O)C(CC(N)=O)NC1=O.O.O.O. The Balaban J connectivity index is 0.00000883. The number of nitrogens with one attached hydrogen (secondary N) is 7. The molecule has 7 unspecified atom stereocenters. The van der Waals surface area contributed by atoms with E-state index >= 15 is 0 Å². The van der Waals surface area contributed by atoms with Crippen LogP contribution in [0.15, 0.2) is 59.6 Å². The van der Waals surface area contributed by atoms with E-state index in [0.29, 0.717) is 17.5 Å². The van der Waals surface area contributed by atoms with Crippen LogP contribution in [0.5, 0.6) is 5.75 Å². The third kappa shape index (κ3) is 27.4. The van der Waals surface area contributed by atoms with Crippen LogP contribution in [0.25, 0.3) is 0 Å². The number of primary amides is 3. The Bertz CT molecular complexity index is 2490. The van der Waals surface area contributed by atoms with Crippen molar-refractivity contribution in [2.24, 2.45) is 33.7 Å². The summed E-state index contributed by atoms with van der Waals surface area (Å²) in [4.78, 5) is 162. The average molecular weight is 1180 g/mol. The Kier molecular flexibility index (Phi) is 33.7. The third-order valence-corrected chi connectivity index (χ3v) is 13.9. The normalized spacial score (nSPS) is 20.2. The molecule has 0 spiro atoms. The molecular formula is C48H74N14O17S2. The molecule has 2 fully saturated rings. The predicted octanol–water partition coefficient (Wildman–Crippen LogP) is -6.72. The van der Waals surface area contributed by atoms with Crippen LogP contribution in [0.2, 0.25) is 0 Å². The van der Waals surface area contributed by atoms with Gasteiger partial charge in [0, 0.05) is 57.2 Å². The number of phenols is 1. The van der Waals surface area contributed by atoms with Crippen molar-refractivity contribution in [3.8, 4) is 5.75 Å². The number of aromatic hydroxyl groups is 1. The molecule has 31 nitrogen and oxygen atoms in total. The summed E-state index contributed by atoms with van der Waals surface area (Å²) in [5, 5.41) is 35.2. The van der Waals surface area contributed by atoms with Crippen LogP contribution < -0.4 is 65.9 Å². The van der Waals surface area contributed by atoms with Gasteiger partial charge in [-0.05, 0) is 55.4 Å². The molecule has 2 heterocycles. The van der Waals surface area contributed by atoms with Crippen LogP contribution in [0.3, 0.4) is 0 Å². The number of nitrogens with two attached hydrogens (primary N) is 5. The molecule has 2 saturated heterocycles. The van der Waals surface area contributed by atoms with Crippen molar-refractivity contribution in [3.63, 3.8) is 0 Å². The second kappa shape index (κ2) is 37.6. The number of amides is 11. The summed E-state index contributed by atoms with van der Waals surface area (Å²) >= 11 is 0. The molecule has 0 bridgehead atoms. The number of aliphatic imine (C=N–C) groups is 1. The molecule has 81 heavy (non-hydrogen) atoms. The van der Waals surface area contributed by atoms with Gasteiger partial charge in [-0.2, -0.15) is 0 Å². The van der Waals surface area contributed by atoms with Gasteiger partial charge in [0.25, 0.3) is 5.97 Å². The first-order valence-electron chi connectivity index (χ1n) is 24.5. The fraction of sp³-hybridized carbons (Fsp3) is 0.479. The monoisotopic (exact) mass is 1180 g/mol. The molecule has 33 heteroatoms. The van der Waals surface area contributed by atoms with Crippen LogP contribution in [0.1, 0.15) is 69.4 Å². The molecular weight excluding hydrogens is 1110 g/mol. The first-order chi connectivity index (χ1) is 36.9. The van der Waals surface area contributed by atoms with Gasteiger partial charge in [-0.15, -0.1) is 0 Å². The van der Waals surface area contributed by atoms with Gasteiger partial charge < -0.3 is 97.4 Å². The van der Waals surface area contributed by atoms with Gasteiger partial charge in [0.1, 0.15) is 48.0 Å². The summed E-state index contributed by atoms with van der Waals surface area (Å²) in [5.74, 6) is -10.6. The number of hydrogen-bond acceptors (Lipinski definition) is 16. The van der Waals surface area contributed by atoms with Crippen LogP contribution in [-0.2, 0) is 70.4 Å². The van der Waals surface area contributed by atoms with E-state index in [-0.39, 0.29) is 91.3 Å². The fourth-order valence-electron chi connectivity index (χ4n) is 7.78. The minimum atomic E-state index is -1.77. The van der Waals surface area contributed by atoms with E-state index in [2.05, 4.69) is 42.2 Å². The number of carboxylic acids is 1. The first-order valence-corrected chi connectivity index (χ1v) is 27.0. The quantitative estimate of drug-likeness (QED) is 0.0269. The van der Waals surface area contributed by atoms with Gasteiger partial charge >= 0.3 is 0 Å². The lowest BCUT2D eigenvalue weighted by molar-refractivity contribution is -0.142. The number of carboxylic acid groups (broad SMARTS) is 1. The molecule has 0 aliphatic carbocycles. The lowest BCUT2D eigenvalue weighted by Crippen LogP contribution is -2.61. The van der Waals surface area contributed by atoms with Crippen molar-refractivity contribution < 1.29 is 84.2 Å². The summed E-state index contributed by atoms with van der Waals surface area (Å²) in [6, 6.07) is 4.52. The highest BCUT2D eigenvalue weighted by molar-refractivity contribution is 8.76. The summed E-state index contributed by atoms with van der Waals surface area (Å²) in [6.07, 6.45) is -1.34. The van der Waals surface area contributed by atoms with E-state index < -0.39 is 139 Å². The average Bonchev–Trinajstić information content (AvgIpc) is 3.87. The molecule has 450 valence electrons. The molecule has 4 rings (SSSR count). The van der Waals surface area contributed by atoms with Crippen LogP contribution >= 0.6 is 21.6 Å². The van der Waals surface area contributed by atoms with Gasteiger partial charge in [-0.3, -0.25) is 62.5 Å². The number of nitrogens with zero attached hydrogens (tertiary/aromatic N) is 2. The number of rotatable bonds is 19. The molecule has 0 aromatic heterocycles. The Morgan fingerprint density at radius 3 is 1.86 bits per heavy atom. The minimum Gasteiger partial charge on any atom is -0.508 e.